The lowest BCUT2D eigenvalue weighted by Gasteiger charge is -2.07. The van der Waals surface area contributed by atoms with Crippen LogP contribution in [-0.2, 0) is 5.75 Å². The van der Waals surface area contributed by atoms with Crippen LogP contribution < -0.4 is 11.3 Å². The Bertz CT molecular complexity index is 823. The van der Waals surface area contributed by atoms with Crippen LogP contribution in [-0.4, -0.2) is 19.6 Å². The number of aromatic nitrogens is 4. The van der Waals surface area contributed by atoms with Gasteiger partial charge in [-0.15, -0.1) is 11.8 Å². The summed E-state index contributed by atoms with van der Waals surface area (Å²) in [6, 6.07) is 7.32. The van der Waals surface area contributed by atoms with E-state index in [1.165, 1.54) is 16.9 Å². The molecule has 0 saturated carbocycles. The van der Waals surface area contributed by atoms with Crippen molar-refractivity contribution in [3.05, 3.63) is 52.2 Å². The second-order valence-electron chi connectivity index (χ2n) is 4.37. The van der Waals surface area contributed by atoms with Crippen LogP contribution in [0.2, 0.25) is 0 Å². The lowest BCUT2D eigenvalue weighted by atomic mass is 10.2. The molecule has 3 aromatic rings. The SMILES string of the molecule is Cc1c(N)cccc1SCc1cc(=O)n2[nH]cnc2n1. The monoisotopic (exact) mass is 287 g/mol. The summed E-state index contributed by atoms with van der Waals surface area (Å²) >= 11 is 1.61. The number of thioether (sulfide) groups is 1. The summed E-state index contributed by atoms with van der Waals surface area (Å²) in [6.45, 7) is 1.98. The maximum absolute atomic E-state index is 11.8. The van der Waals surface area contributed by atoms with Crippen molar-refractivity contribution in [1.29, 1.82) is 0 Å². The van der Waals surface area contributed by atoms with Gasteiger partial charge in [0.05, 0.1) is 5.69 Å². The zero-order chi connectivity index (χ0) is 14.1. The molecule has 6 nitrogen and oxygen atoms in total. The van der Waals surface area contributed by atoms with Crippen molar-refractivity contribution < 1.29 is 0 Å². The van der Waals surface area contributed by atoms with Gasteiger partial charge in [-0.1, -0.05) is 6.07 Å². The third kappa shape index (κ3) is 2.27. The molecule has 2 aromatic heterocycles. The molecule has 0 aliphatic heterocycles. The number of nitrogens with zero attached hydrogens (tertiary/aromatic N) is 3. The first-order valence-corrected chi connectivity index (χ1v) is 7.03. The van der Waals surface area contributed by atoms with Crippen molar-refractivity contribution in [1.82, 2.24) is 19.6 Å². The van der Waals surface area contributed by atoms with Gasteiger partial charge < -0.3 is 5.73 Å². The number of nitrogen functional groups attached to an aromatic ring is 1. The highest BCUT2D eigenvalue weighted by molar-refractivity contribution is 7.98. The van der Waals surface area contributed by atoms with Gasteiger partial charge in [-0.05, 0) is 24.6 Å². The Hall–Kier alpha value is -2.28. The van der Waals surface area contributed by atoms with Crippen LogP contribution in [0.1, 0.15) is 11.3 Å². The standard InChI is InChI=1S/C13H13N5OS/c1-8-10(14)3-2-4-11(8)20-6-9-5-12(19)18-13(17-9)15-7-16-18/h2-5,7H,6,14H2,1H3,(H,15,16,17). The van der Waals surface area contributed by atoms with Gasteiger partial charge in [-0.2, -0.15) is 4.52 Å². The molecule has 3 N–H and O–H groups in total. The summed E-state index contributed by atoms with van der Waals surface area (Å²) < 4.78 is 1.31. The number of hydrogen-bond donors (Lipinski definition) is 2. The Morgan fingerprint density at radius 3 is 3.15 bits per heavy atom. The number of fused-ring (bicyclic) bond motifs is 1. The van der Waals surface area contributed by atoms with E-state index in [0.29, 0.717) is 17.2 Å². The van der Waals surface area contributed by atoms with Gasteiger partial charge in [0.2, 0.25) is 0 Å². The summed E-state index contributed by atoms with van der Waals surface area (Å²) in [5, 5.41) is 2.71. The fourth-order valence-electron chi connectivity index (χ4n) is 1.88. The van der Waals surface area contributed by atoms with Gasteiger partial charge in [-0.3, -0.25) is 9.89 Å². The van der Waals surface area contributed by atoms with E-state index in [1.807, 2.05) is 25.1 Å². The molecule has 102 valence electrons. The lowest BCUT2D eigenvalue weighted by molar-refractivity contribution is 0.887. The maximum Gasteiger partial charge on any atom is 0.274 e. The summed E-state index contributed by atoms with van der Waals surface area (Å²) in [6.07, 6.45) is 1.45. The van der Waals surface area contributed by atoms with Gasteiger partial charge in [0.1, 0.15) is 6.33 Å². The molecule has 0 radical (unpaired) electrons. The number of hydrogen-bond acceptors (Lipinski definition) is 5. The largest absolute Gasteiger partial charge is 0.398 e. The molecular formula is C13H13N5OS. The molecule has 0 saturated heterocycles. The number of H-pyrrole nitrogens is 1. The molecule has 20 heavy (non-hydrogen) atoms. The second-order valence-corrected chi connectivity index (χ2v) is 5.38. The fraction of sp³-hybridized carbons (Fsp3) is 0.154. The van der Waals surface area contributed by atoms with E-state index in [0.717, 1.165) is 16.1 Å². The van der Waals surface area contributed by atoms with Crippen LogP contribution in [0.3, 0.4) is 0 Å². The van der Waals surface area contributed by atoms with Crippen molar-refractivity contribution >= 4 is 23.2 Å². The van der Waals surface area contributed by atoms with Gasteiger partial charge in [0, 0.05) is 22.4 Å². The van der Waals surface area contributed by atoms with E-state index in [1.54, 1.807) is 11.8 Å². The average molecular weight is 287 g/mol. The van der Waals surface area contributed by atoms with Crippen molar-refractivity contribution in [2.75, 3.05) is 5.73 Å². The van der Waals surface area contributed by atoms with Crippen molar-refractivity contribution in [3.8, 4) is 0 Å². The molecule has 0 unspecified atom stereocenters. The zero-order valence-electron chi connectivity index (χ0n) is 10.8. The number of aromatic amines is 1. The Kier molecular flexibility index (Phi) is 3.19. The van der Waals surface area contributed by atoms with Crippen LogP contribution in [0.5, 0.6) is 0 Å². The second kappa shape index (κ2) is 5.01. The van der Waals surface area contributed by atoms with Gasteiger partial charge in [-0.25, -0.2) is 9.97 Å². The fourth-order valence-corrected chi connectivity index (χ4v) is 2.84. The average Bonchev–Trinajstić information content (AvgIpc) is 2.89. The minimum Gasteiger partial charge on any atom is -0.398 e. The van der Waals surface area contributed by atoms with Crippen LogP contribution in [0.25, 0.3) is 5.78 Å². The van der Waals surface area contributed by atoms with Crippen LogP contribution in [0, 0.1) is 6.92 Å². The summed E-state index contributed by atoms with van der Waals surface area (Å²) in [4.78, 5) is 21.2. The Balaban J connectivity index is 1.86. The van der Waals surface area contributed by atoms with Gasteiger partial charge in [0.15, 0.2) is 0 Å². The predicted molar refractivity (Wildman–Crippen MR) is 78.8 cm³/mol. The maximum atomic E-state index is 11.8. The summed E-state index contributed by atoms with van der Waals surface area (Å²) in [5.74, 6) is 0.987. The summed E-state index contributed by atoms with van der Waals surface area (Å²) in [7, 11) is 0. The van der Waals surface area contributed by atoms with Crippen molar-refractivity contribution in [2.45, 2.75) is 17.6 Å². The molecule has 0 aliphatic carbocycles. The quantitative estimate of drug-likeness (QED) is 0.564. The highest BCUT2D eigenvalue weighted by atomic mass is 32.2. The molecular weight excluding hydrogens is 274 g/mol. The number of anilines is 1. The Morgan fingerprint density at radius 1 is 1.45 bits per heavy atom. The smallest absolute Gasteiger partial charge is 0.274 e. The Morgan fingerprint density at radius 2 is 2.30 bits per heavy atom. The van der Waals surface area contributed by atoms with E-state index < -0.39 is 0 Å². The normalized spacial score (nSPS) is 11.1. The molecule has 2 heterocycles. The van der Waals surface area contributed by atoms with Crippen LogP contribution in [0.4, 0.5) is 5.69 Å². The molecule has 0 fully saturated rings. The van der Waals surface area contributed by atoms with E-state index in [-0.39, 0.29) is 5.56 Å². The van der Waals surface area contributed by atoms with Crippen molar-refractivity contribution in [2.24, 2.45) is 0 Å². The zero-order valence-corrected chi connectivity index (χ0v) is 11.6. The minimum absolute atomic E-state index is 0.160. The highest BCUT2D eigenvalue weighted by Gasteiger charge is 2.06. The highest BCUT2D eigenvalue weighted by Crippen LogP contribution is 2.28. The molecule has 0 bridgehead atoms. The lowest BCUT2D eigenvalue weighted by Crippen LogP contribution is -2.15. The predicted octanol–water partition coefficient (Wildman–Crippen LogP) is 1.60. The van der Waals surface area contributed by atoms with Crippen LogP contribution in [0.15, 0.2) is 40.3 Å². The number of benzene rings is 1. The molecule has 0 atom stereocenters. The number of rotatable bonds is 3. The molecule has 0 spiro atoms. The molecule has 0 amide bonds. The molecule has 0 aliphatic rings. The Labute approximate surface area is 119 Å². The first-order valence-electron chi connectivity index (χ1n) is 6.05. The van der Waals surface area contributed by atoms with Gasteiger partial charge >= 0.3 is 0 Å². The van der Waals surface area contributed by atoms with E-state index in [9.17, 15) is 4.79 Å². The number of nitrogens with one attached hydrogen (secondary N) is 1. The molecule has 3 rings (SSSR count). The third-order valence-corrected chi connectivity index (χ3v) is 4.22. The first kappa shape index (κ1) is 12.7. The van der Waals surface area contributed by atoms with E-state index in [4.69, 9.17) is 5.73 Å². The van der Waals surface area contributed by atoms with Crippen molar-refractivity contribution in [3.63, 3.8) is 0 Å². The number of nitrogens with two attached hydrogens (primary N) is 1. The van der Waals surface area contributed by atoms with Gasteiger partial charge in [0.25, 0.3) is 11.3 Å². The van der Waals surface area contributed by atoms with Crippen LogP contribution >= 0.6 is 11.8 Å². The summed E-state index contributed by atoms with van der Waals surface area (Å²) in [5.41, 5.74) is 8.24. The minimum atomic E-state index is -0.160. The molecule has 1 aromatic carbocycles. The van der Waals surface area contributed by atoms with E-state index in [2.05, 4.69) is 15.1 Å². The van der Waals surface area contributed by atoms with E-state index >= 15 is 0 Å². The topological polar surface area (TPSA) is 89.1 Å². The molecule has 7 heteroatoms. The first-order chi connectivity index (χ1) is 9.65. The third-order valence-electron chi connectivity index (χ3n) is 3.02.